The fourth-order valence-electron chi connectivity index (χ4n) is 2.43. The summed E-state index contributed by atoms with van der Waals surface area (Å²) in [6, 6.07) is 12.2. The van der Waals surface area contributed by atoms with Gasteiger partial charge in [0.15, 0.2) is 0 Å². The van der Waals surface area contributed by atoms with E-state index in [0.717, 1.165) is 22.4 Å². The molecule has 0 aromatic heterocycles. The number of nitrogens with one attached hydrogen (secondary N) is 1. The molecule has 0 radical (unpaired) electrons. The Hall–Kier alpha value is -1.87. The quantitative estimate of drug-likeness (QED) is 0.855. The molecule has 0 spiro atoms. The van der Waals surface area contributed by atoms with Gasteiger partial charge in [-0.1, -0.05) is 24.3 Å². The van der Waals surface area contributed by atoms with E-state index in [1.54, 1.807) is 6.07 Å². The van der Waals surface area contributed by atoms with Gasteiger partial charge in [-0.25, -0.2) is 4.39 Å². The summed E-state index contributed by atoms with van der Waals surface area (Å²) in [5.41, 5.74) is 3.64. The number of benzene rings is 2. The number of hydrogen-bond donors (Lipinski definition) is 1. The molecule has 2 aromatic rings. The average molecular weight is 290 g/mol. The smallest absolute Gasteiger partial charge is 0.228 e. The molecule has 0 fully saturated rings. The summed E-state index contributed by atoms with van der Waals surface area (Å²) in [4.78, 5) is 11.3. The van der Waals surface area contributed by atoms with Crippen molar-refractivity contribution in [3.8, 4) is 0 Å². The summed E-state index contributed by atoms with van der Waals surface area (Å²) in [6.45, 7) is 0. The highest BCUT2D eigenvalue weighted by atomic mass is 35.5. The molecule has 0 saturated carbocycles. The van der Waals surface area contributed by atoms with Crippen molar-refractivity contribution in [2.24, 2.45) is 0 Å². The summed E-state index contributed by atoms with van der Waals surface area (Å²) < 4.78 is 13.2. The van der Waals surface area contributed by atoms with Gasteiger partial charge in [-0.15, -0.1) is 11.6 Å². The molecule has 1 N–H and O–H groups in total. The van der Waals surface area contributed by atoms with Gasteiger partial charge in [0.2, 0.25) is 5.91 Å². The van der Waals surface area contributed by atoms with Crippen LogP contribution in [0.2, 0.25) is 0 Å². The lowest BCUT2D eigenvalue weighted by molar-refractivity contribution is -0.115. The second-order valence-electron chi connectivity index (χ2n) is 4.94. The molecule has 0 bridgehead atoms. The Morgan fingerprint density at radius 1 is 1.25 bits per heavy atom. The van der Waals surface area contributed by atoms with Crippen LogP contribution in [0, 0.1) is 5.82 Å². The van der Waals surface area contributed by atoms with E-state index in [-0.39, 0.29) is 17.1 Å². The minimum absolute atomic E-state index is 0.00778. The van der Waals surface area contributed by atoms with Crippen LogP contribution < -0.4 is 5.32 Å². The Kier molecular flexibility index (Phi) is 3.45. The minimum atomic E-state index is -0.255. The number of rotatable bonds is 3. The van der Waals surface area contributed by atoms with Crippen LogP contribution in [0.25, 0.3) is 0 Å². The van der Waals surface area contributed by atoms with Crippen LogP contribution in [0.15, 0.2) is 42.5 Å². The van der Waals surface area contributed by atoms with Crippen molar-refractivity contribution in [1.29, 1.82) is 0 Å². The predicted molar refractivity (Wildman–Crippen MR) is 77.5 cm³/mol. The summed E-state index contributed by atoms with van der Waals surface area (Å²) in [5.74, 6) is -0.247. The number of halogens is 2. The molecule has 1 aliphatic rings. The van der Waals surface area contributed by atoms with E-state index in [1.807, 2.05) is 24.3 Å². The summed E-state index contributed by atoms with van der Waals surface area (Å²) >= 11 is 6.40. The first kappa shape index (κ1) is 13.1. The monoisotopic (exact) mass is 289 g/mol. The molecule has 2 nitrogen and oxygen atoms in total. The molecule has 1 unspecified atom stereocenters. The van der Waals surface area contributed by atoms with E-state index in [4.69, 9.17) is 11.6 Å². The van der Waals surface area contributed by atoms with Gasteiger partial charge in [-0.05, 0) is 41.3 Å². The lowest BCUT2D eigenvalue weighted by Gasteiger charge is -2.11. The number of anilines is 1. The van der Waals surface area contributed by atoms with Crippen molar-refractivity contribution >= 4 is 23.2 Å². The van der Waals surface area contributed by atoms with Crippen molar-refractivity contribution in [2.45, 2.75) is 18.2 Å². The number of carbonyl (C=O) groups is 1. The zero-order valence-electron chi connectivity index (χ0n) is 10.7. The van der Waals surface area contributed by atoms with E-state index in [0.29, 0.717) is 12.8 Å². The van der Waals surface area contributed by atoms with E-state index < -0.39 is 0 Å². The SMILES string of the molecule is O=C1Cc2cc(C(Cl)Cc3cccc(F)c3)ccc2N1. The molecular weight excluding hydrogens is 277 g/mol. The molecule has 0 saturated heterocycles. The van der Waals surface area contributed by atoms with E-state index in [2.05, 4.69) is 5.32 Å². The Morgan fingerprint density at radius 3 is 2.90 bits per heavy atom. The zero-order valence-corrected chi connectivity index (χ0v) is 11.5. The first-order valence-corrected chi connectivity index (χ1v) is 6.86. The number of hydrogen-bond acceptors (Lipinski definition) is 1. The zero-order chi connectivity index (χ0) is 14.1. The topological polar surface area (TPSA) is 29.1 Å². The van der Waals surface area contributed by atoms with Crippen LogP contribution in [-0.4, -0.2) is 5.91 Å². The van der Waals surface area contributed by atoms with Gasteiger partial charge in [0.25, 0.3) is 0 Å². The molecule has 2 aromatic carbocycles. The van der Waals surface area contributed by atoms with Gasteiger partial charge in [-0.3, -0.25) is 4.79 Å². The summed E-state index contributed by atoms with van der Waals surface area (Å²) in [5, 5.41) is 2.55. The van der Waals surface area contributed by atoms with Crippen LogP contribution in [0.3, 0.4) is 0 Å². The summed E-state index contributed by atoms with van der Waals surface area (Å²) in [7, 11) is 0. The van der Waals surface area contributed by atoms with Crippen LogP contribution in [0.4, 0.5) is 10.1 Å². The molecule has 1 atom stereocenters. The number of carbonyl (C=O) groups excluding carboxylic acids is 1. The Morgan fingerprint density at radius 2 is 2.10 bits per heavy atom. The van der Waals surface area contributed by atoms with Crippen molar-refractivity contribution in [3.05, 3.63) is 65.0 Å². The molecule has 1 amide bonds. The molecule has 3 rings (SSSR count). The molecule has 0 aliphatic carbocycles. The standard InChI is InChI=1S/C16H13ClFNO/c17-14(7-10-2-1-3-13(18)6-10)11-4-5-15-12(8-11)9-16(20)19-15/h1-6,8,14H,7,9H2,(H,19,20). The van der Waals surface area contributed by atoms with Crippen LogP contribution >= 0.6 is 11.6 Å². The molecule has 20 heavy (non-hydrogen) atoms. The van der Waals surface area contributed by atoms with Gasteiger partial charge >= 0.3 is 0 Å². The third kappa shape index (κ3) is 2.68. The van der Waals surface area contributed by atoms with Crippen molar-refractivity contribution in [3.63, 3.8) is 0 Å². The number of fused-ring (bicyclic) bond motifs is 1. The van der Waals surface area contributed by atoms with Crippen molar-refractivity contribution in [2.75, 3.05) is 5.32 Å². The van der Waals surface area contributed by atoms with Crippen LogP contribution in [0.1, 0.15) is 22.1 Å². The Bertz CT molecular complexity index is 671. The largest absolute Gasteiger partial charge is 0.326 e. The first-order chi connectivity index (χ1) is 9.61. The van der Waals surface area contributed by atoms with Gasteiger partial charge < -0.3 is 5.32 Å². The Labute approximate surface area is 121 Å². The van der Waals surface area contributed by atoms with Gasteiger partial charge in [0.05, 0.1) is 11.8 Å². The maximum absolute atomic E-state index is 13.2. The highest BCUT2D eigenvalue weighted by Crippen LogP contribution is 2.31. The Balaban J connectivity index is 1.79. The fourth-order valence-corrected chi connectivity index (χ4v) is 2.75. The normalized spacial score (nSPS) is 14.8. The minimum Gasteiger partial charge on any atom is -0.326 e. The van der Waals surface area contributed by atoms with Gasteiger partial charge in [-0.2, -0.15) is 0 Å². The molecule has 1 aliphatic heterocycles. The summed E-state index contributed by atoms with van der Waals surface area (Å²) in [6.07, 6.45) is 0.951. The van der Waals surface area contributed by atoms with E-state index in [1.165, 1.54) is 12.1 Å². The molecule has 102 valence electrons. The lowest BCUT2D eigenvalue weighted by Crippen LogP contribution is -2.03. The lowest BCUT2D eigenvalue weighted by atomic mass is 10.0. The van der Waals surface area contributed by atoms with Crippen molar-refractivity contribution in [1.82, 2.24) is 0 Å². The molecular formula is C16H13ClFNO. The number of amides is 1. The van der Waals surface area contributed by atoms with Crippen LogP contribution in [-0.2, 0) is 17.6 Å². The molecule has 4 heteroatoms. The predicted octanol–water partition coefficient (Wildman–Crippen LogP) is 3.84. The van der Waals surface area contributed by atoms with Gasteiger partial charge in [0.1, 0.15) is 5.82 Å². The molecule has 1 heterocycles. The van der Waals surface area contributed by atoms with E-state index in [9.17, 15) is 9.18 Å². The van der Waals surface area contributed by atoms with Crippen LogP contribution in [0.5, 0.6) is 0 Å². The second-order valence-corrected chi connectivity index (χ2v) is 5.47. The maximum Gasteiger partial charge on any atom is 0.228 e. The number of alkyl halides is 1. The third-order valence-corrected chi connectivity index (χ3v) is 3.83. The van der Waals surface area contributed by atoms with Gasteiger partial charge in [0, 0.05) is 5.69 Å². The van der Waals surface area contributed by atoms with Crippen molar-refractivity contribution < 1.29 is 9.18 Å². The fraction of sp³-hybridized carbons (Fsp3) is 0.188. The highest BCUT2D eigenvalue weighted by molar-refractivity contribution is 6.21. The average Bonchev–Trinajstić information content (AvgIpc) is 2.77. The maximum atomic E-state index is 13.2. The van der Waals surface area contributed by atoms with E-state index >= 15 is 0 Å². The second kappa shape index (κ2) is 5.25. The highest BCUT2D eigenvalue weighted by Gasteiger charge is 2.19. The third-order valence-electron chi connectivity index (χ3n) is 3.42. The first-order valence-electron chi connectivity index (χ1n) is 6.43.